The quantitative estimate of drug-likeness (QED) is 0.487. The maximum atomic E-state index is 11.8. The van der Waals surface area contributed by atoms with Crippen molar-refractivity contribution in [3.63, 3.8) is 0 Å². The molecular weight excluding hydrogens is 284 g/mol. The molecule has 0 atom stereocenters. The Hall–Kier alpha value is -1.21. The first-order valence-electron chi connectivity index (χ1n) is 3.95. The Balaban J connectivity index is 2.42. The van der Waals surface area contributed by atoms with Crippen molar-refractivity contribution < 1.29 is 14.3 Å². The molecule has 0 bridgehead atoms. The molecule has 0 saturated heterocycles. The van der Waals surface area contributed by atoms with E-state index in [0.29, 0.717) is 5.56 Å². The molecule has 0 saturated carbocycles. The molecule has 0 aliphatic carbocycles. The van der Waals surface area contributed by atoms with Crippen LogP contribution in [0.4, 0.5) is 0 Å². The van der Waals surface area contributed by atoms with Crippen molar-refractivity contribution in [2.45, 2.75) is 5.33 Å². The summed E-state index contributed by atoms with van der Waals surface area (Å²) < 4.78 is 4.37. The van der Waals surface area contributed by atoms with Crippen LogP contribution in [0.1, 0.15) is 21.7 Å². The van der Waals surface area contributed by atoms with Gasteiger partial charge in [0.05, 0.1) is 10.5 Å². The van der Waals surface area contributed by atoms with Crippen molar-refractivity contribution in [1.82, 2.24) is 5.16 Å². The van der Waals surface area contributed by atoms with E-state index in [2.05, 4.69) is 25.7 Å². The Kier molecular flexibility index (Phi) is 2.83. The van der Waals surface area contributed by atoms with Crippen LogP contribution in [0.5, 0.6) is 0 Å². The van der Waals surface area contributed by atoms with Crippen LogP contribution in [0.3, 0.4) is 0 Å². The fourth-order valence-corrected chi connectivity index (χ4v) is 2.19. The molecule has 2 rings (SSSR count). The summed E-state index contributed by atoms with van der Waals surface area (Å²) in [5.74, 6) is -0.302. The van der Waals surface area contributed by atoms with Crippen molar-refractivity contribution in [1.29, 1.82) is 0 Å². The summed E-state index contributed by atoms with van der Waals surface area (Å²) in [4.78, 5) is 12.0. The van der Waals surface area contributed by atoms with E-state index in [1.54, 1.807) is 16.8 Å². The molecule has 0 aliphatic heterocycles. The lowest BCUT2D eigenvalue weighted by Crippen LogP contribution is -2.28. The molecule has 2 aromatic heterocycles. The number of halogens is 1. The van der Waals surface area contributed by atoms with Gasteiger partial charge in [0.2, 0.25) is 11.5 Å². The molecular formula is C8H5BrN2O3S. The molecule has 2 aromatic rings. The molecule has 7 heteroatoms. The van der Waals surface area contributed by atoms with E-state index in [9.17, 15) is 10.0 Å². The van der Waals surface area contributed by atoms with E-state index in [0.717, 1.165) is 0 Å². The zero-order chi connectivity index (χ0) is 10.8. The number of thiophene rings is 1. The molecule has 15 heavy (non-hydrogen) atoms. The topological polar surface area (TPSA) is 70.0 Å². The second-order valence-corrected chi connectivity index (χ2v) is 4.04. The average Bonchev–Trinajstić information content (AvgIpc) is 2.85. The molecule has 0 aliphatic rings. The van der Waals surface area contributed by atoms with Crippen LogP contribution in [-0.4, -0.2) is 10.9 Å². The van der Waals surface area contributed by atoms with E-state index < -0.39 is 0 Å². The van der Waals surface area contributed by atoms with E-state index in [1.165, 1.54) is 11.3 Å². The fraction of sp³-hybridized carbons (Fsp3) is 0.125. The van der Waals surface area contributed by atoms with Gasteiger partial charge in [0.1, 0.15) is 0 Å². The minimum Gasteiger partial charge on any atom is -0.359 e. The maximum absolute atomic E-state index is 11.8. The fourth-order valence-electron chi connectivity index (χ4n) is 1.08. The molecule has 2 heterocycles. The maximum Gasteiger partial charge on any atom is 0.292 e. The number of nitrogens with zero attached hydrogens (tertiary/aromatic N) is 2. The standard InChI is InChI=1S/C8H5BrN2O3S/c9-3-6-7(10-14-11(6)13)8(12)5-1-2-15-4-5/h1-2,4H,3H2. The molecule has 5 nitrogen and oxygen atoms in total. The number of hydrogen-bond donors (Lipinski definition) is 0. The highest BCUT2D eigenvalue weighted by molar-refractivity contribution is 9.08. The van der Waals surface area contributed by atoms with Crippen LogP contribution in [-0.2, 0) is 5.33 Å². The largest absolute Gasteiger partial charge is 0.359 e. The monoisotopic (exact) mass is 288 g/mol. The lowest BCUT2D eigenvalue weighted by Gasteiger charge is -1.91. The highest BCUT2D eigenvalue weighted by Gasteiger charge is 2.26. The first kappa shape index (κ1) is 10.3. The van der Waals surface area contributed by atoms with Crippen LogP contribution in [0.15, 0.2) is 21.5 Å². The van der Waals surface area contributed by atoms with Crippen molar-refractivity contribution in [2.24, 2.45) is 0 Å². The third kappa shape index (κ3) is 1.80. The van der Waals surface area contributed by atoms with E-state index in [1.807, 2.05) is 0 Å². The van der Waals surface area contributed by atoms with Crippen LogP contribution in [0, 0.1) is 5.21 Å². The Morgan fingerprint density at radius 3 is 3.13 bits per heavy atom. The summed E-state index contributed by atoms with van der Waals surface area (Å²) >= 11 is 4.51. The molecule has 0 aromatic carbocycles. The van der Waals surface area contributed by atoms with E-state index in [-0.39, 0.29) is 27.4 Å². The minimum absolute atomic E-state index is 0.0558. The van der Waals surface area contributed by atoms with Gasteiger partial charge in [-0.05, 0) is 16.3 Å². The number of ketones is 1. The third-order valence-electron chi connectivity index (χ3n) is 1.83. The Morgan fingerprint density at radius 2 is 2.53 bits per heavy atom. The molecule has 0 N–H and O–H groups in total. The predicted molar refractivity (Wildman–Crippen MR) is 55.8 cm³/mol. The van der Waals surface area contributed by atoms with Gasteiger partial charge in [-0.1, -0.05) is 15.9 Å². The van der Waals surface area contributed by atoms with Crippen molar-refractivity contribution >= 4 is 33.0 Å². The van der Waals surface area contributed by atoms with Gasteiger partial charge in [0.15, 0.2) is 0 Å². The number of hydrogen-bond acceptors (Lipinski definition) is 5. The summed E-state index contributed by atoms with van der Waals surface area (Å²) in [5.41, 5.74) is 0.752. The normalized spacial score (nSPS) is 10.5. The number of alkyl halides is 1. The van der Waals surface area contributed by atoms with E-state index >= 15 is 0 Å². The van der Waals surface area contributed by atoms with Crippen molar-refractivity contribution in [3.8, 4) is 0 Å². The van der Waals surface area contributed by atoms with Crippen molar-refractivity contribution in [2.75, 3.05) is 0 Å². The smallest absolute Gasteiger partial charge is 0.292 e. The highest BCUT2D eigenvalue weighted by atomic mass is 79.9. The number of carbonyl (C=O) groups excluding carboxylic acids is 1. The molecule has 78 valence electrons. The van der Waals surface area contributed by atoms with Crippen LogP contribution >= 0.6 is 27.3 Å². The Bertz CT molecular complexity index is 480. The van der Waals surface area contributed by atoms with Crippen LogP contribution < -0.4 is 4.90 Å². The SMILES string of the molecule is O=C(c1ccsc1)c1no[n+]([O-])c1CBr. The minimum atomic E-state index is -0.302. The molecule has 0 spiro atoms. The molecule has 0 radical (unpaired) electrons. The average molecular weight is 289 g/mol. The Morgan fingerprint density at radius 1 is 1.73 bits per heavy atom. The van der Waals surface area contributed by atoms with Gasteiger partial charge >= 0.3 is 0 Å². The number of aromatic nitrogens is 2. The van der Waals surface area contributed by atoms with Gasteiger partial charge < -0.3 is 5.21 Å². The molecule has 0 amide bonds. The van der Waals surface area contributed by atoms with Gasteiger partial charge in [-0.25, -0.2) is 0 Å². The van der Waals surface area contributed by atoms with Gasteiger partial charge in [0.25, 0.3) is 5.69 Å². The first-order chi connectivity index (χ1) is 7.24. The molecule has 0 unspecified atom stereocenters. The van der Waals surface area contributed by atoms with Gasteiger partial charge in [-0.2, -0.15) is 11.3 Å². The van der Waals surface area contributed by atoms with Gasteiger partial charge in [0, 0.05) is 10.9 Å². The highest BCUT2D eigenvalue weighted by Crippen LogP contribution is 2.14. The lowest BCUT2D eigenvalue weighted by molar-refractivity contribution is -0.807. The van der Waals surface area contributed by atoms with Gasteiger partial charge in [-0.15, -0.1) is 0 Å². The zero-order valence-electron chi connectivity index (χ0n) is 7.34. The second kappa shape index (κ2) is 4.11. The van der Waals surface area contributed by atoms with Crippen LogP contribution in [0.25, 0.3) is 0 Å². The summed E-state index contributed by atoms with van der Waals surface area (Å²) in [7, 11) is 0. The summed E-state index contributed by atoms with van der Waals surface area (Å²) in [6.07, 6.45) is 0. The first-order valence-corrected chi connectivity index (χ1v) is 6.02. The Labute approximate surface area is 97.0 Å². The second-order valence-electron chi connectivity index (χ2n) is 2.70. The van der Waals surface area contributed by atoms with E-state index in [4.69, 9.17) is 0 Å². The summed E-state index contributed by atoms with van der Waals surface area (Å²) in [6.45, 7) is 0. The summed E-state index contributed by atoms with van der Waals surface area (Å²) in [6, 6.07) is 1.68. The van der Waals surface area contributed by atoms with Crippen molar-refractivity contribution in [3.05, 3.63) is 39.0 Å². The predicted octanol–water partition coefficient (Wildman–Crippen LogP) is 1.50. The van der Waals surface area contributed by atoms with Crippen LogP contribution in [0.2, 0.25) is 0 Å². The molecule has 0 fully saturated rings. The number of carbonyl (C=O) groups is 1. The zero-order valence-corrected chi connectivity index (χ0v) is 9.75. The lowest BCUT2D eigenvalue weighted by atomic mass is 10.1. The summed E-state index contributed by atoms with van der Waals surface area (Å²) in [5, 5.41) is 18.2. The third-order valence-corrected chi connectivity index (χ3v) is 3.04. The van der Waals surface area contributed by atoms with Gasteiger partial charge in [-0.3, -0.25) is 9.42 Å². The number of rotatable bonds is 3.